The van der Waals surface area contributed by atoms with E-state index in [9.17, 15) is 4.79 Å². The minimum atomic E-state index is -1.01. The van der Waals surface area contributed by atoms with Crippen molar-refractivity contribution in [3.8, 4) is 0 Å². The maximum Gasteiger partial charge on any atom is 0.320 e. The normalized spacial score (nSPS) is 12.6. The van der Waals surface area contributed by atoms with Gasteiger partial charge in [-0.1, -0.05) is 31.4 Å². The van der Waals surface area contributed by atoms with Crippen LogP contribution in [0.4, 0.5) is 0 Å². The predicted molar refractivity (Wildman–Crippen MR) is 59.5 cm³/mol. The van der Waals surface area contributed by atoms with Crippen LogP contribution in [0.15, 0.2) is 37.0 Å². The summed E-state index contributed by atoms with van der Waals surface area (Å²) in [7, 11) is 0. The van der Waals surface area contributed by atoms with Crippen LogP contribution in [0.5, 0.6) is 0 Å². The van der Waals surface area contributed by atoms with Crippen LogP contribution in [0, 0.1) is 0 Å². The molecule has 0 amide bonds. The summed E-state index contributed by atoms with van der Waals surface area (Å²) in [5.74, 6) is -1.01. The van der Waals surface area contributed by atoms with Gasteiger partial charge in [-0.15, -0.1) is 0 Å². The van der Waals surface area contributed by atoms with Crippen molar-refractivity contribution in [2.24, 2.45) is 5.73 Å². The van der Waals surface area contributed by atoms with Crippen molar-refractivity contribution in [2.45, 2.75) is 12.5 Å². The Labute approximate surface area is 89.7 Å². The van der Waals surface area contributed by atoms with Crippen LogP contribution >= 0.6 is 0 Å². The van der Waals surface area contributed by atoms with E-state index in [0.29, 0.717) is 19.6 Å². The molecule has 0 saturated heterocycles. The van der Waals surface area contributed by atoms with E-state index in [0.717, 1.165) is 5.57 Å². The molecule has 0 aromatic rings. The van der Waals surface area contributed by atoms with Gasteiger partial charge in [0.2, 0.25) is 0 Å². The Morgan fingerprint density at radius 2 is 2.27 bits per heavy atom. The summed E-state index contributed by atoms with van der Waals surface area (Å²) in [6.07, 6.45) is 5.48. The third-order valence-electron chi connectivity index (χ3n) is 1.65. The van der Waals surface area contributed by atoms with Gasteiger partial charge in [-0.05, 0) is 12.0 Å². The lowest BCUT2D eigenvalue weighted by molar-refractivity contribution is -0.139. The topological polar surface area (TPSA) is 72.5 Å². The maximum absolute atomic E-state index is 10.3. The first-order valence-electron chi connectivity index (χ1n) is 4.61. The third-order valence-corrected chi connectivity index (χ3v) is 1.65. The van der Waals surface area contributed by atoms with E-state index in [1.165, 1.54) is 0 Å². The van der Waals surface area contributed by atoms with Crippen LogP contribution in [-0.4, -0.2) is 30.3 Å². The van der Waals surface area contributed by atoms with Crippen molar-refractivity contribution < 1.29 is 14.6 Å². The Kier molecular flexibility index (Phi) is 7.23. The number of aliphatic carboxylic acids is 1. The highest BCUT2D eigenvalue weighted by atomic mass is 16.5. The molecule has 4 heteroatoms. The van der Waals surface area contributed by atoms with Crippen LogP contribution in [-0.2, 0) is 9.53 Å². The van der Waals surface area contributed by atoms with Gasteiger partial charge in [0.25, 0.3) is 0 Å². The van der Waals surface area contributed by atoms with Crippen molar-refractivity contribution in [3.63, 3.8) is 0 Å². The molecule has 15 heavy (non-hydrogen) atoms. The second-order valence-corrected chi connectivity index (χ2v) is 3.04. The van der Waals surface area contributed by atoms with Gasteiger partial charge in [0.15, 0.2) is 0 Å². The highest BCUT2D eigenvalue weighted by molar-refractivity contribution is 5.72. The third kappa shape index (κ3) is 7.66. The number of carbonyl (C=O) groups is 1. The Balaban J connectivity index is 3.54. The number of carboxylic acids is 1. The van der Waals surface area contributed by atoms with Crippen LogP contribution in [0.2, 0.25) is 0 Å². The molecule has 0 aromatic heterocycles. The van der Waals surface area contributed by atoms with Crippen molar-refractivity contribution in [1.82, 2.24) is 0 Å². The Hall–Kier alpha value is -1.39. The average Bonchev–Trinajstić information content (AvgIpc) is 2.20. The summed E-state index contributed by atoms with van der Waals surface area (Å²) in [5.41, 5.74) is 6.09. The molecular weight excluding hydrogens is 194 g/mol. The second-order valence-electron chi connectivity index (χ2n) is 3.04. The molecule has 0 fully saturated rings. The number of hydrogen-bond donors (Lipinski definition) is 2. The van der Waals surface area contributed by atoms with E-state index in [4.69, 9.17) is 15.6 Å². The van der Waals surface area contributed by atoms with Crippen LogP contribution in [0.25, 0.3) is 0 Å². The molecule has 0 heterocycles. The number of nitrogens with two attached hydrogens (primary N) is 1. The summed E-state index contributed by atoms with van der Waals surface area (Å²) in [5, 5.41) is 8.49. The van der Waals surface area contributed by atoms with Crippen LogP contribution in [0.1, 0.15) is 6.42 Å². The van der Waals surface area contributed by atoms with E-state index >= 15 is 0 Å². The minimum absolute atomic E-state index is 0.299. The molecule has 0 bridgehead atoms. The lowest BCUT2D eigenvalue weighted by atomic mass is 10.2. The van der Waals surface area contributed by atoms with Gasteiger partial charge in [0.05, 0.1) is 6.61 Å². The zero-order chi connectivity index (χ0) is 11.7. The number of rotatable bonds is 8. The van der Waals surface area contributed by atoms with Crippen molar-refractivity contribution in [2.75, 3.05) is 13.2 Å². The van der Waals surface area contributed by atoms with E-state index in [1.807, 2.05) is 0 Å². The predicted octanol–water partition coefficient (Wildman–Crippen LogP) is 1.10. The molecule has 1 atom stereocenters. The highest BCUT2D eigenvalue weighted by Gasteiger charge is 2.10. The molecular formula is C11H17NO3. The standard InChI is InChI=1S/C11H17NO3/c1-3-4-5-9(2)8-15-7-6-10(12)11(13)14/h3-5,10H,1-2,6-8,12H2,(H,13,14)/b5-4-. The first kappa shape index (κ1) is 13.6. The fourth-order valence-electron chi connectivity index (χ4n) is 0.789. The number of hydrogen-bond acceptors (Lipinski definition) is 3. The molecule has 0 spiro atoms. The SMILES string of the molecule is C=C/C=C\C(=C)COCCC(N)C(=O)O. The zero-order valence-corrected chi connectivity index (χ0v) is 8.69. The summed E-state index contributed by atoms with van der Waals surface area (Å²) in [6.45, 7) is 7.94. The summed E-state index contributed by atoms with van der Waals surface area (Å²) in [6, 6.07) is -0.859. The van der Waals surface area contributed by atoms with Gasteiger partial charge < -0.3 is 15.6 Å². The highest BCUT2D eigenvalue weighted by Crippen LogP contribution is 1.96. The van der Waals surface area contributed by atoms with Gasteiger partial charge in [0, 0.05) is 6.61 Å². The smallest absolute Gasteiger partial charge is 0.320 e. The second kappa shape index (κ2) is 7.96. The monoisotopic (exact) mass is 211 g/mol. The van der Waals surface area contributed by atoms with Gasteiger partial charge in [-0.2, -0.15) is 0 Å². The summed E-state index contributed by atoms with van der Waals surface area (Å²) >= 11 is 0. The molecule has 4 nitrogen and oxygen atoms in total. The fraction of sp³-hybridized carbons (Fsp3) is 0.364. The quantitative estimate of drug-likeness (QED) is 0.466. The molecule has 0 aliphatic carbocycles. The Bertz CT molecular complexity index is 259. The first-order valence-corrected chi connectivity index (χ1v) is 4.61. The van der Waals surface area contributed by atoms with Crippen molar-refractivity contribution in [1.29, 1.82) is 0 Å². The molecule has 1 unspecified atom stereocenters. The van der Waals surface area contributed by atoms with Crippen LogP contribution < -0.4 is 5.73 Å². The largest absolute Gasteiger partial charge is 0.480 e. The molecule has 3 N–H and O–H groups in total. The summed E-state index contributed by atoms with van der Waals surface area (Å²) < 4.78 is 5.18. The van der Waals surface area contributed by atoms with Gasteiger partial charge in [-0.3, -0.25) is 4.79 Å². The van der Waals surface area contributed by atoms with Crippen LogP contribution in [0.3, 0.4) is 0 Å². The molecule has 0 aliphatic heterocycles. The molecule has 0 radical (unpaired) electrons. The van der Waals surface area contributed by atoms with E-state index in [2.05, 4.69) is 13.2 Å². The lowest BCUT2D eigenvalue weighted by Gasteiger charge is -2.06. The Morgan fingerprint density at radius 3 is 2.80 bits per heavy atom. The number of allylic oxidation sites excluding steroid dienone is 2. The lowest BCUT2D eigenvalue weighted by Crippen LogP contribution is -2.31. The van der Waals surface area contributed by atoms with Gasteiger partial charge >= 0.3 is 5.97 Å². The summed E-state index contributed by atoms with van der Waals surface area (Å²) in [4.78, 5) is 10.3. The number of carboxylic acid groups (broad SMARTS) is 1. The fourth-order valence-corrected chi connectivity index (χ4v) is 0.789. The van der Waals surface area contributed by atoms with Gasteiger partial charge in [0.1, 0.15) is 6.04 Å². The average molecular weight is 211 g/mol. The molecule has 0 rings (SSSR count). The van der Waals surface area contributed by atoms with E-state index in [1.54, 1.807) is 18.2 Å². The van der Waals surface area contributed by atoms with E-state index < -0.39 is 12.0 Å². The molecule has 0 aliphatic rings. The molecule has 0 saturated carbocycles. The maximum atomic E-state index is 10.3. The van der Waals surface area contributed by atoms with Gasteiger partial charge in [-0.25, -0.2) is 0 Å². The van der Waals surface area contributed by atoms with E-state index in [-0.39, 0.29) is 0 Å². The molecule has 84 valence electrons. The molecule has 0 aromatic carbocycles. The first-order chi connectivity index (χ1) is 7.07. The number of ether oxygens (including phenoxy) is 1. The minimum Gasteiger partial charge on any atom is -0.480 e. The Morgan fingerprint density at radius 1 is 1.60 bits per heavy atom. The van der Waals surface area contributed by atoms with Crippen molar-refractivity contribution in [3.05, 3.63) is 37.0 Å². The van der Waals surface area contributed by atoms with Crippen molar-refractivity contribution >= 4 is 5.97 Å². The zero-order valence-electron chi connectivity index (χ0n) is 8.69.